The van der Waals surface area contributed by atoms with Crippen molar-refractivity contribution in [2.45, 2.75) is 180 Å². The molecule has 0 bridgehead atoms. The highest BCUT2D eigenvalue weighted by Crippen LogP contribution is 2.13. The maximum atomic E-state index is 12.5. The molecule has 8 heteroatoms. The maximum absolute atomic E-state index is 12.5. The monoisotopic (exact) mass is 615 g/mol. The number of aliphatic hydroxyl groups is 2. The average molecular weight is 616 g/mol. The number of unbranched alkanes of at least 4 members (excludes halogenated alkanes) is 19. The second-order valence-corrected chi connectivity index (χ2v) is 13.4. The summed E-state index contributed by atoms with van der Waals surface area (Å²) in [5.41, 5.74) is 0. The normalized spacial score (nSPS) is 14.5. The Morgan fingerprint density at radius 3 is 1.55 bits per heavy atom. The summed E-state index contributed by atoms with van der Waals surface area (Å²) in [6.45, 7) is 4.44. The molecule has 0 aliphatic carbocycles. The van der Waals surface area contributed by atoms with Crippen LogP contribution in [0.4, 0.5) is 0 Å². The van der Waals surface area contributed by atoms with Crippen LogP contribution in [0.15, 0.2) is 24.3 Å². The number of rotatable bonds is 30. The largest absolute Gasteiger partial charge is 0.387 e. The van der Waals surface area contributed by atoms with Gasteiger partial charge in [0.2, 0.25) is 5.91 Å². The van der Waals surface area contributed by atoms with Gasteiger partial charge in [-0.2, -0.15) is 8.42 Å². The summed E-state index contributed by atoms with van der Waals surface area (Å²) >= 11 is 0. The van der Waals surface area contributed by atoms with Gasteiger partial charge in [0.15, 0.2) is 0 Å². The van der Waals surface area contributed by atoms with Crippen LogP contribution in [-0.2, 0) is 14.9 Å². The minimum absolute atomic E-state index is 0.266. The third-order valence-corrected chi connectivity index (χ3v) is 8.51. The molecule has 0 aromatic carbocycles. The number of hydrogen-bond donors (Lipinski definition) is 4. The Bertz CT molecular complexity index is 783. The van der Waals surface area contributed by atoms with Gasteiger partial charge in [0.1, 0.15) is 6.10 Å². The molecular formula is C34H65NO6S. The number of hydrogen-bond acceptors (Lipinski definition) is 5. The summed E-state index contributed by atoms with van der Waals surface area (Å²) in [7, 11) is -4.43. The quantitative estimate of drug-likeness (QED) is 0.0367. The van der Waals surface area contributed by atoms with Crippen molar-refractivity contribution in [2.75, 3.05) is 5.75 Å². The van der Waals surface area contributed by atoms with Crippen LogP contribution in [0.2, 0.25) is 0 Å². The van der Waals surface area contributed by atoms with Crippen molar-refractivity contribution in [1.29, 1.82) is 0 Å². The molecule has 0 aromatic heterocycles. The molecule has 0 saturated heterocycles. The SMILES string of the molecule is CCCCC/C=C\CCCCCCC(O)C(=O)NC(CS(=O)(=O)O)C(O)/C=C/CCCCCCCCCCCCCC. The number of nitrogens with one attached hydrogen (secondary N) is 1. The molecule has 0 spiro atoms. The van der Waals surface area contributed by atoms with E-state index in [1.54, 1.807) is 6.08 Å². The third-order valence-electron chi connectivity index (χ3n) is 7.73. The lowest BCUT2D eigenvalue weighted by atomic mass is 10.0. The van der Waals surface area contributed by atoms with Crippen LogP contribution < -0.4 is 5.32 Å². The summed E-state index contributed by atoms with van der Waals surface area (Å²) in [4.78, 5) is 12.5. The highest BCUT2D eigenvalue weighted by Gasteiger charge is 2.27. The standard InChI is InChI=1S/C34H65NO6S/c1-3-5-7-9-11-13-15-16-17-19-20-22-24-26-28-32(36)31(30-42(39,40)41)35-34(38)33(37)29-27-25-23-21-18-14-12-10-8-6-4-2/h12,14,26,28,31-33,36-37H,3-11,13,15-25,27,29-30H2,1-2H3,(H,35,38)(H,39,40,41)/b14-12-,28-26+. The predicted octanol–water partition coefficient (Wildman–Crippen LogP) is 8.21. The molecule has 0 heterocycles. The van der Waals surface area contributed by atoms with E-state index >= 15 is 0 Å². The van der Waals surface area contributed by atoms with E-state index in [9.17, 15) is 28.0 Å². The van der Waals surface area contributed by atoms with Gasteiger partial charge >= 0.3 is 0 Å². The molecular weight excluding hydrogens is 550 g/mol. The lowest BCUT2D eigenvalue weighted by molar-refractivity contribution is -0.130. The van der Waals surface area contributed by atoms with Crippen LogP contribution >= 0.6 is 0 Å². The van der Waals surface area contributed by atoms with Crippen LogP contribution in [-0.4, -0.2) is 53.1 Å². The van der Waals surface area contributed by atoms with Crippen molar-refractivity contribution in [1.82, 2.24) is 5.32 Å². The fourth-order valence-corrected chi connectivity index (χ4v) is 5.77. The summed E-state index contributed by atoms with van der Waals surface area (Å²) in [6, 6.07) is -1.23. The molecule has 3 unspecified atom stereocenters. The van der Waals surface area contributed by atoms with Crippen LogP contribution in [0, 0.1) is 0 Å². The van der Waals surface area contributed by atoms with Gasteiger partial charge in [0.05, 0.1) is 17.9 Å². The predicted molar refractivity (Wildman–Crippen MR) is 176 cm³/mol. The van der Waals surface area contributed by atoms with Crippen molar-refractivity contribution in [3.05, 3.63) is 24.3 Å². The second-order valence-electron chi connectivity index (χ2n) is 11.9. The molecule has 0 fully saturated rings. The summed E-state index contributed by atoms with van der Waals surface area (Å²) < 4.78 is 32.3. The lowest BCUT2D eigenvalue weighted by Gasteiger charge is -2.22. The highest BCUT2D eigenvalue weighted by atomic mass is 32.2. The maximum Gasteiger partial charge on any atom is 0.267 e. The number of carbonyl (C=O) groups is 1. The van der Waals surface area contributed by atoms with E-state index < -0.39 is 40.0 Å². The van der Waals surface area contributed by atoms with Crippen molar-refractivity contribution < 1.29 is 28.0 Å². The second kappa shape index (κ2) is 28.5. The zero-order valence-electron chi connectivity index (χ0n) is 27.0. The first-order chi connectivity index (χ1) is 20.2. The van der Waals surface area contributed by atoms with Gasteiger partial charge in [-0.1, -0.05) is 141 Å². The van der Waals surface area contributed by atoms with Crippen LogP contribution in [0.3, 0.4) is 0 Å². The van der Waals surface area contributed by atoms with Crippen molar-refractivity contribution in [3.63, 3.8) is 0 Å². The van der Waals surface area contributed by atoms with Gasteiger partial charge < -0.3 is 15.5 Å². The molecule has 0 radical (unpaired) electrons. The van der Waals surface area contributed by atoms with Gasteiger partial charge in [-0.25, -0.2) is 0 Å². The van der Waals surface area contributed by atoms with E-state index in [0.717, 1.165) is 51.4 Å². The summed E-state index contributed by atoms with van der Waals surface area (Å²) in [6.07, 6.45) is 30.9. The number of amides is 1. The van der Waals surface area contributed by atoms with E-state index in [0.29, 0.717) is 6.42 Å². The van der Waals surface area contributed by atoms with E-state index in [4.69, 9.17) is 0 Å². The fourth-order valence-electron chi connectivity index (χ4n) is 5.04. The topological polar surface area (TPSA) is 124 Å². The van der Waals surface area contributed by atoms with E-state index in [2.05, 4.69) is 31.3 Å². The summed E-state index contributed by atoms with van der Waals surface area (Å²) in [5, 5.41) is 23.2. The zero-order chi connectivity index (χ0) is 31.3. The number of allylic oxidation sites excluding steroid dienone is 3. The molecule has 7 nitrogen and oxygen atoms in total. The fraction of sp³-hybridized carbons (Fsp3) is 0.853. The van der Waals surface area contributed by atoms with E-state index in [1.807, 2.05) is 0 Å². The minimum atomic E-state index is -4.43. The molecule has 0 saturated carbocycles. The lowest BCUT2D eigenvalue weighted by Crippen LogP contribution is -2.50. The Labute approximate surface area is 258 Å². The van der Waals surface area contributed by atoms with Crippen LogP contribution in [0.25, 0.3) is 0 Å². The first-order valence-corrected chi connectivity index (χ1v) is 18.8. The zero-order valence-corrected chi connectivity index (χ0v) is 27.8. The van der Waals surface area contributed by atoms with Crippen molar-refractivity contribution in [2.24, 2.45) is 0 Å². The number of carbonyl (C=O) groups excluding carboxylic acids is 1. The van der Waals surface area contributed by atoms with Gasteiger partial charge in [-0.3, -0.25) is 9.35 Å². The molecule has 1 amide bonds. The Balaban J connectivity index is 4.20. The molecule has 0 rings (SSSR count). The van der Waals surface area contributed by atoms with Crippen molar-refractivity contribution >= 4 is 16.0 Å². The van der Waals surface area contributed by atoms with Crippen LogP contribution in [0.1, 0.15) is 162 Å². The minimum Gasteiger partial charge on any atom is -0.387 e. The molecule has 3 atom stereocenters. The van der Waals surface area contributed by atoms with Gasteiger partial charge in [-0.15, -0.1) is 0 Å². The first-order valence-electron chi connectivity index (χ1n) is 17.1. The van der Waals surface area contributed by atoms with Crippen molar-refractivity contribution in [3.8, 4) is 0 Å². The molecule has 0 aliphatic rings. The van der Waals surface area contributed by atoms with Gasteiger partial charge in [-0.05, 0) is 44.9 Å². The highest BCUT2D eigenvalue weighted by molar-refractivity contribution is 7.85. The Kier molecular flexibility index (Phi) is 27.7. The smallest absolute Gasteiger partial charge is 0.267 e. The average Bonchev–Trinajstić information content (AvgIpc) is 2.94. The Morgan fingerprint density at radius 2 is 1.05 bits per heavy atom. The van der Waals surface area contributed by atoms with Crippen LogP contribution in [0.5, 0.6) is 0 Å². The molecule has 4 N–H and O–H groups in total. The molecule has 42 heavy (non-hydrogen) atoms. The third kappa shape index (κ3) is 27.6. The Hall–Kier alpha value is -1.22. The van der Waals surface area contributed by atoms with E-state index in [-0.39, 0.29) is 6.42 Å². The van der Waals surface area contributed by atoms with Gasteiger partial charge in [0, 0.05) is 0 Å². The molecule has 248 valence electrons. The molecule has 0 aromatic rings. The number of aliphatic hydroxyl groups excluding tert-OH is 2. The van der Waals surface area contributed by atoms with E-state index in [1.165, 1.54) is 89.5 Å². The van der Waals surface area contributed by atoms with Gasteiger partial charge in [0.25, 0.3) is 10.1 Å². The Morgan fingerprint density at radius 1 is 0.643 bits per heavy atom. The summed E-state index contributed by atoms with van der Waals surface area (Å²) in [5.74, 6) is -1.55. The first kappa shape index (κ1) is 40.8. The molecule has 0 aliphatic heterocycles.